The Bertz CT molecular complexity index is 638. The normalized spacial score (nSPS) is 14.1. The SMILES string of the molecule is Cc1nc(NN)c(C)c(N2CCc3ccccc3C2)n1. The number of fused-ring (bicyclic) bond motifs is 1. The smallest absolute Gasteiger partial charge is 0.148 e. The fraction of sp³-hybridized carbons (Fsp3) is 0.333. The molecule has 2 heterocycles. The first kappa shape index (κ1) is 12.9. The summed E-state index contributed by atoms with van der Waals surface area (Å²) >= 11 is 0. The van der Waals surface area contributed by atoms with Crippen LogP contribution in [0.4, 0.5) is 11.6 Å². The van der Waals surface area contributed by atoms with Crippen molar-refractivity contribution in [2.45, 2.75) is 26.8 Å². The van der Waals surface area contributed by atoms with E-state index in [1.54, 1.807) is 0 Å². The molecule has 0 aliphatic carbocycles. The van der Waals surface area contributed by atoms with E-state index in [1.165, 1.54) is 11.1 Å². The first-order chi connectivity index (χ1) is 9.69. The van der Waals surface area contributed by atoms with Crippen LogP contribution in [0.25, 0.3) is 0 Å². The molecule has 0 spiro atoms. The van der Waals surface area contributed by atoms with Crippen molar-refractivity contribution in [1.29, 1.82) is 0 Å². The van der Waals surface area contributed by atoms with E-state index in [-0.39, 0.29) is 0 Å². The Kier molecular flexibility index (Phi) is 3.28. The summed E-state index contributed by atoms with van der Waals surface area (Å²) in [6, 6.07) is 8.59. The van der Waals surface area contributed by atoms with E-state index < -0.39 is 0 Å². The number of benzene rings is 1. The molecule has 20 heavy (non-hydrogen) atoms. The molecule has 5 nitrogen and oxygen atoms in total. The van der Waals surface area contributed by atoms with Gasteiger partial charge in [0.1, 0.15) is 17.5 Å². The molecule has 0 fully saturated rings. The number of anilines is 2. The van der Waals surface area contributed by atoms with Crippen molar-refractivity contribution in [3.63, 3.8) is 0 Å². The van der Waals surface area contributed by atoms with Crippen LogP contribution in [0.5, 0.6) is 0 Å². The van der Waals surface area contributed by atoms with E-state index in [2.05, 4.69) is 44.6 Å². The van der Waals surface area contributed by atoms with E-state index in [4.69, 9.17) is 5.84 Å². The molecule has 0 saturated carbocycles. The van der Waals surface area contributed by atoms with E-state index in [1.807, 2.05) is 13.8 Å². The van der Waals surface area contributed by atoms with Gasteiger partial charge in [-0.05, 0) is 31.4 Å². The third-order valence-electron chi connectivity index (χ3n) is 3.80. The molecule has 3 rings (SSSR count). The minimum Gasteiger partial charge on any atom is -0.352 e. The molecule has 5 heteroatoms. The molecule has 0 atom stereocenters. The summed E-state index contributed by atoms with van der Waals surface area (Å²) in [6.45, 7) is 5.75. The minimum atomic E-state index is 0.700. The average molecular weight is 269 g/mol. The number of nitrogens with zero attached hydrogens (tertiary/aromatic N) is 3. The highest BCUT2D eigenvalue weighted by Gasteiger charge is 2.20. The molecule has 1 aliphatic rings. The van der Waals surface area contributed by atoms with Gasteiger partial charge in [-0.3, -0.25) is 0 Å². The Hall–Kier alpha value is -2.14. The minimum absolute atomic E-state index is 0.700. The molecule has 0 bridgehead atoms. The lowest BCUT2D eigenvalue weighted by molar-refractivity contribution is 0.714. The lowest BCUT2D eigenvalue weighted by Crippen LogP contribution is -2.32. The maximum absolute atomic E-state index is 5.54. The predicted molar refractivity (Wildman–Crippen MR) is 80.5 cm³/mol. The van der Waals surface area contributed by atoms with Gasteiger partial charge in [0, 0.05) is 18.7 Å². The lowest BCUT2D eigenvalue weighted by atomic mass is 10.00. The zero-order chi connectivity index (χ0) is 14.1. The Balaban J connectivity index is 1.97. The quantitative estimate of drug-likeness (QED) is 0.644. The van der Waals surface area contributed by atoms with Gasteiger partial charge in [-0.1, -0.05) is 24.3 Å². The maximum Gasteiger partial charge on any atom is 0.148 e. The second kappa shape index (κ2) is 5.09. The Morgan fingerprint density at radius 2 is 1.90 bits per heavy atom. The standard InChI is InChI=1S/C15H19N5/c1-10-14(19-16)17-11(2)18-15(10)20-8-7-12-5-3-4-6-13(12)9-20/h3-6H,7-9,16H2,1-2H3,(H,17,18,19). The molecule has 1 aromatic heterocycles. The van der Waals surface area contributed by atoms with E-state index >= 15 is 0 Å². The summed E-state index contributed by atoms with van der Waals surface area (Å²) in [7, 11) is 0. The summed E-state index contributed by atoms with van der Waals surface area (Å²) in [4.78, 5) is 11.2. The number of aromatic nitrogens is 2. The Morgan fingerprint density at radius 1 is 1.15 bits per heavy atom. The highest BCUT2D eigenvalue weighted by molar-refractivity contribution is 5.59. The zero-order valence-corrected chi connectivity index (χ0v) is 11.8. The molecule has 0 saturated heterocycles. The number of hydrogen-bond acceptors (Lipinski definition) is 5. The third-order valence-corrected chi connectivity index (χ3v) is 3.80. The average Bonchev–Trinajstić information content (AvgIpc) is 2.48. The largest absolute Gasteiger partial charge is 0.352 e. The van der Waals surface area contributed by atoms with Crippen molar-refractivity contribution >= 4 is 11.6 Å². The van der Waals surface area contributed by atoms with Crippen LogP contribution in [0.15, 0.2) is 24.3 Å². The second-order valence-corrected chi connectivity index (χ2v) is 5.15. The van der Waals surface area contributed by atoms with Gasteiger partial charge in [0.15, 0.2) is 0 Å². The lowest BCUT2D eigenvalue weighted by Gasteiger charge is -2.31. The third kappa shape index (κ3) is 2.20. The monoisotopic (exact) mass is 269 g/mol. The van der Waals surface area contributed by atoms with Crippen molar-refractivity contribution in [1.82, 2.24) is 9.97 Å². The summed E-state index contributed by atoms with van der Waals surface area (Å²) in [6.07, 6.45) is 1.05. The van der Waals surface area contributed by atoms with Gasteiger partial charge >= 0.3 is 0 Å². The summed E-state index contributed by atoms with van der Waals surface area (Å²) in [5, 5.41) is 0. The number of rotatable bonds is 2. The summed E-state index contributed by atoms with van der Waals surface area (Å²) < 4.78 is 0. The fourth-order valence-corrected chi connectivity index (χ4v) is 2.74. The highest BCUT2D eigenvalue weighted by Crippen LogP contribution is 2.28. The number of nitrogen functional groups attached to an aromatic ring is 1. The van der Waals surface area contributed by atoms with Crippen LogP contribution in [-0.4, -0.2) is 16.5 Å². The molecule has 0 amide bonds. The molecule has 104 valence electrons. The Morgan fingerprint density at radius 3 is 2.65 bits per heavy atom. The Labute approximate surface area is 118 Å². The van der Waals surface area contributed by atoms with Crippen LogP contribution in [0.2, 0.25) is 0 Å². The molecule has 0 unspecified atom stereocenters. The van der Waals surface area contributed by atoms with Crippen LogP contribution >= 0.6 is 0 Å². The topological polar surface area (TPSA) is 67.1 Å². The van der Waals surface area contributed by atoms with Crippen LogP contribution < -0.4 is 16.2 Å². The number of aryl methyl sites for hydroxylation is 1. The molecule has 1 aliphatic heterocycles. The highest BCUT2D eigenvalue weighted by atomic mass is 15.3. The number of nitrogens with one attached hydrogen (secondary N) is 1. The van der Waals surface area contributed by atoms with Crippen molar-refractivity contribution in [3.8, 4) is 0 Å². The van der Waals surface area contributed by atoms with Crippen LogP contribution in [0.3, 0.4) is 0 Å². The number of hydrazine groups is 1. The predicted octanol–water partition coefficient (Wildman–Crippen LogP) is 1.94. The van der Waals surface area contributed by atoms with Crippen molar-refractivity contribution in [3.05, 3.63) is 46.8 Å². The van der Waals surface area contributed by atoms with Gasteiger partial charge in [0.05, 0.1) is 0 Å². The first-order valence-electron chi connectivity index (χ1n) is 6.82. The fourth-order valence-electron chi connectivity index (χ4n) is 2.74. The summed E-state index contributed by atoms with van der Waals surface area (Å²) in [5.41, 5.74) is 6.46. The number of hydrogen-bond donors (Lipinski definition) is 2. The van der Waals surface area contributed by atoms with Crippen molar-refractivity contribution in [2.24, 2.45) is 5.84 Å². The second-order valence-electron chi connectivity index (χ2n) is 5.15. The summed E-state index contributed by atoms with van der Waals surface area (Å²) in [5.74, 6) is 7.94. The van der Waals surface area contributed by atoms with Crippen LogP contribution in [-0.2, 0) is 13.0 Å². The van der Waals surface area contributed by atoms with Crippen LogP contribution in [0, 0.1) is 13.8 Å². The van der Waals surface area contributed by atoms with Gasteiger partial charge in [-0.2, -0.15) is 0 Å². The van der Waals surface area contributed by atoms with Crippen molar-refractivity contribution in [2.75, 3.05) is 16.9 Å². The van der Waals surface area contributed by atoms with Gasteiger partial charge in [-0.15, -0.1) is 0 Å². The van der Waals surface area contributed by atoms with Gasteiger partial charge in [0.2, 0.25) is 0 Å². The van der Waals surface area contributed by atoms with E-state index in [9.17, 15) is 0 Å². The molecular formula is C15H19N5. The molecule has 2 aromatic rings. The van der Waals surface area contributed by atoms with Crippen molar-refractivity contribution < 1.29 is 0 Å². The van der Waals surface area contributed by atoms with E-state index in [0.29, 0.717) is 5.82 Å². The first-order valence-corrected chi connectivity index (χ1v) is 6.82. The zero-order valence-electron chi connectivity index (χ0n) is 11.8. The van der Waals surface area contributed by atoms with Gasteiger partial charge in [0.25, 0.3) is 0 Å². The van der Waals surface area contributed by atoms with E-state index in [0.717, 1.165) is 36.7 Å². The van der Waals surface area contributed by atoms with Gasteiger partial charge < -0.3 is 10.3 Å². The molecular weight excluding hydrogens is 250 g/mol. The molecule has 3 N–H and O–H groups in total. The molecule has 0 radical (unpaired) electrons. The maximum atomic E-state index is 5.54. The van der Waals surface area contributed by atoms with Gasteiger partial charge in [-0.25, -0.2) is 15.8 Å². The number of nitrogens with two attached hydrogens (primary N) is 1. The van der Waals surface area contributed by atoms with Crippen LogP contribution in [0.1, 0.15) is 22.5 Å². The molecule has 1 aromatic carbocycles.